The molecule has 1 saturated carbocycles. The van der Waals surface area contributed by atoms with Gasteiger partial charge in [-0.15, -0.1) is 0 Å². The van der Waals surface area contributed by atoms with E-state index < -0.39 is 39.0 Å². The molecule has 1 N–H and O–H groups in total. The molecule has 3 rings (SSSR count). The maximum absolute atomic E-state index is 13.7. The molecule has 0 amide bonds. The molecule has 122 valence electrons. The van der Waals surface area contributed by atoms with Crippen LogP contribution in [0.5, 0.6) is 0 Å². The second-order valence-corrected chi connectivity index (χ2v) is 7.95. The van der Waals surface area contributed by atoms with Gasteiger partial charge in [-0.1, -0.05) is 6.92 Å². The molecule has 0 radical (unpaired) electrons. The number of alkyl halides is 2. The summed E-state index contributed by atoms with van der Waals surface area (Å²) in [5.41, 5.74) is -1.13. The van der Waals surface area contributed by atoms with Crippen molar-refractivity contribution >= 4 is 16.0 Å². The van der Waals surface area contributed by atoms with Gasteiger partial charge >= 0.3 is 5.97 Å². The molecule has 1 aliphatic carbocycles. The summed E-state index contributed by atoms with van der Waals surface area (Å²) in [6.07, 6.45) is 0.0760. The van der Waals surface area contributed by atoms with E-state index in [4.69, 9.17) is 9.52 Å². The summed E-state index contributed by atoms with van der Waals surface area (Å²) in [6, 6.07) is 0.922. The van der Waals surface area contributed by atoms with Gasteiger partial charge in [0.2, 0.25) is 15.8 Å². The zero-order valence-electron chi connectivity index (χ0n) is 12.0. The molecule has 9 heteroatoms. The molecule has 1 saturated heterocycles. The Morgan fingerprint density at radius 1 is 1.50 bits per heavy atom. The molecule has 1 aromatic heterocycles. The minimum Gasteiger partial charge on any atom is -0.475 e. The summed E-state index contributed by atoms with van der Waals surface area (Å²) >= 11 is 0. The quantitative estimate of drug-likeness (QED) is 0.912. The maximum Gasteiger partial charge on any atom is 0.371 e. The lowest BCUT2D eigenvalue weighted by Crippen LogP contribution is -2.38. The van der Waals surface area contributed by atoms with Gasteiger partial charge in [0.25, 0.3) is 5.92 Å². The van der Waals surface area contributed by atoms with Crippen LogP contribution in [-0.2, 0) is 10.0 Å². The van der Waals surface area contributed by atoms with Crippen LogP contribution >= 0.6 is 0 Å². The zero-order chi connectivity index (χ0) is 16.5. The van der Waals surface area contributed by atoms with Gasteiger partial charge < -0.3 is 9.52 Å². The van der Waals surface area contributed by atoms with Crippen molar-refractivity contribution in [1.82, 2.24) is 4.31 Å². The lowest BCUT2D eigenvalue weighted by molar-refractivity contribution is 0.0634. The number of hydrogen-bond donors (Lipinski definition) is 1. The van der Waals surface area contributed by atoms with E-state index in [0.29, 0.717) is 0 Å². The van der Waals surface area contributed by atoms with Gasteiger partial charge in [0.15, 0.2) is 0 Å². The number of nitrogens with zero attached hydrogens (tertiary/aromatic N) is 1. The van der Waals surface area contributed by atoms with Crippen molar-refractivity contribution in [3.05, 3.63) is 17.6 Å². The van der Waals surface area contributed by atoms with Gasteiger partial charge in [-0.3, -0.25) is 0 Å². The average Bonchev–Trinajstić information content (AvgIpc) is 2.73. The third kappa shape index (κ3) is 1.84. The predicted octanol–water partition coefficient (Wildman–Crippen LogP) is 1.95. The second kappa shape index (κ2) is 4.29. The highest BCUT2D eigenvalue weighted by atomic mass is 32.2. The third-order valence-electron chi connectivity index (χ3n) is 4.85. The highest BCUT2D eigenvalue weighted by Gasteiger charge is 2.78. The number of rotatable bonds is 3. The predicted molar refractivity (Wildman–Crippen MR) is 70.3 cm³/mol. The summed E-state index contributed by atoms with van der Waals surface area (Å²) < 4.78 is 58.4. The summed E-state index contributed by atoms with van der Waals surface area (Å²) in [7, 11) is -4.05. The van der Waals surface area contributed by atoms with Gasteiger partial charge in [0.1, 0.15) is 10.7 Å². The van der Waals surface area contributed by atoms with Crippen LogP contribution in [0.4, 0.5) is 8.78 Å². The summed E-state index contributed by atoms with van der Waals surface area (Å²) in [4.78, 5) is 10.6. The molecule has 22 heavy (non-hydrogen) atoms. The number of piperidine rings is 1. The van der Waals surface area contributed by atoms with Gasteiger partial charge in [-0.05, 0) is 13.3 Å². The first-order valence-corrected chi connectivity index (χ1v) is 8.17. The molecule has 0 spiro atoms. The molecular formula is C13H15F2NO5S. The number of furan rings is 1. The van der Waals surface area contributed by atoms with Crippen LogP contribution in [0.1, 0.15) is 29.7 Å². The highest BCUT2D eigenvalue weighted by Crippen LogP contribution is 2.69. The Morgan fingerprint density at radius 2 is 2.14 bits per heavy atom. The molecular weight excluding hydrogens is 320 g/mol. The number of carbonyl (C=O) groups is 1. The smallest absolute Gasteiger partial charge is 0.371 e. The number of hydrogen-bond acceptors (Lipinski definition) is 4. The SMILES string of the molecule is Cc1oc(C(=O)O)cc1S(=O)(=O)N1CCC2(C)C(C1)C2(F)F. The fraction of sp³-hybridized carbons (Fsp3) is 0.615. The molecule has 1 aromatic rings. The third-order valence-corrected chi connectivity index (χ3v) is 6.83. The lowest BCUT2D eigenvalue weighted by atomic mass is 9.99. The van der Waals surface area contributed by atoms with Crippen LogP contribution in [0.25, 0.3) is 0 Å². The Bertz CT molecular complexity index is 756. The highest BCUT2D eigenvalue weighted by molar-refractivity contribution is 7.89. The van der Waals surface area contributed by atoms with Gasteiger partial charge in [-0.2, -0.15) is 4.31 Å². The fourth-order valence-corrected chi connectivity index (χ4v) is 4.78. The number of fused-ring (bicyclic) bond motifs is 1. The van der Waals surface area contributed by atoms with Crippen molar-refractivity contribution in [1.29, 1.82) is 0 Å². The largest absolute Gasteiger partial charge is 0.475 e. The number of halogens is 2. The van der Waals surface area contributed by atoms with Crippen molar-refractivity contribution in [3.8, 4) is 0 Å². The van der Waals surface area contributed by atoms with Gasteiger partial charge in [-0.25, -0.2) is 22.0 Å². The van der Waals surface area contributed by atoms with Gasteiger partial charge in [0, 0.05) is 30.5 Å². The first kappa shape index (κ1) is 15.4. The second-order valence-electron chi connectivity index (χ2n) is 6.04. The molecule has 6 nitrogen and oxygen atoms in total. The molecule has 2 heterocycles. The van der Waals surface area contributed by atoms with Crippen molar-refractivity contribution in [3.63, 3.8) is 0 Å². The van der Waals surface area contributed by atoms with Gasteiger partial charge in [0.05, 0.1) is 0 Å². The topological polar surface area (TPSA) is 87.8 Å². The van der Waals surface area contributed by atoms with E-state index >= 15 is 0 Å². The average molecular weight is 335 g/mol. The van der Waals surface area contributed by atoms with Crippen LogP contribution in [0.15, 0.2) is 15.4 Å². The van der Waals surface area contributed by atoms with Crippen LogP contribution in [0.2, 0.25) is 0 Å². The van der Waals surface area contributed by atoms with Crippen LogP contribution < -0.4 is 0 Å². The Kier molecular flexibility index (Phi) is 3.00. The molecule has 2 fully saturated rings. The van der Waals surface area contributed by atoms with Crippen molar-refractivity contribution in [2.24, 2.45) is 11.3 Å². The minimum atomic E-state index is -4.05. The molecule has 2 atom stereocenters. The minimum absolute atomic E-state index is 0.0159. The Morgan fingerprint density at radius 3 is 2.64 bits per heavy atom. The fourth-order valence-electron chi connectivity index (χ4n) is 3.17. The Balaban J connectivity index is 1.90. The first-order chi connectivity index (χ1) is 10.0. The standard InChI is InChI=1S/C13H15F2NO5S/c1-7-9(5-8(21-7)11(17)18)22(19,20)16-4-3-12(2)10(6-16)13(12,14)15/h5,10H,3-4,6H2,1-2H3,(H,17,18). The molecule has 0 bridgehead atoms. The first-order valence-electron chi connectivity index (χ1n) is 6.73. The normalized spacial score (nSPS) is 30.8. The van der Waals surface area contributed by atoms with E-state index in [1.165, 1.54) is 13.8 Å². The number of aromatic carboxylic acids is 1. The van der Waals surface area contributed by atoms with Crippen molar-refractivity contribution < 1.29 is 31.5 Å². The van der Waals surface area contributed by atoms with Crippen LogP contribution in [0.3, 0.4) is 0 Å². The van der Waals surface area contributed by atoms with E-state index in [2.05, 4.69) is 0 Å². The number of carboxylic acids is 1. The number of carboxylic acid groups (broad SMARTS) is 1. The molecule has 2 aliphatic rings. The zero-order valence-corrected chi connectivity index (χ0v) is 12.8. The Labute approximate surface area is 125 Å². The van der Waals surface area contributed by atoms with Crippen LogP contribution in [0, 0.1) is 18.3 Å². The Hall–Kier alpha value is -1.48. The summed E-state index contributed by atoms with van der Waals surface area (Å²) in [5, 5.41) is 8.85. The number of aryl methyl sites for hydroxylation is 1. The monoisotopic (exact) mass is 335 g/mol. The van der Waals surface area contributed by atoms with Crippen molar-refractivity contribution in [2.45, 2.75) is 31.1 Å². The van der Waals surface area contributed by atoms with E-state index in [1.54, 1.807) is 0 Å². The van der Waals surface area contributed by atoms with E-state index in [1.807, 2.05) is 0 Å². The van der Waals surface area contributed by atoms with E-state index in [-0.39, 0.29) is 30.2 Å². The molecule has 0 aromatic carbocycles. The maximum atomic E-state index is 13.7. The molecule has 2 unspecified atom stereocenters. The number of sulfonamides is 1. The van der Waals surface area contributed by atoms with Crippen molar-refractivity contribution in [2.75, 3.05) is 13.1 Å². The van der Waals surface area contributed by atoms with E-state index in [0.717, 1.165) is 10.4 Å². The summed E-state index contributed by atoms with van der Waals surface area (Å²) in [5.74, 6) is -5.78. The summed E-state index contributed by atoms with van der Waals surface area (Å²) in [6.45, 7) is 2.52. The van der Waals surface area contributed by atoms with Crippen LogP contribution in [-0.4, -0.2) is 42.8 Å². The molecule has 1 aliphatic heterocycles. The van der Waals surface area contributed by atoms with E-state index in [9.17, 15) is 22.0 Å². The lowest BCUT2D eigenvalue weighted by Gasteiger charge is -2.27.